The normalized spacial score (nSPS) is 11.6. The molecule has 0 radical (unpaired) electrons. The molecule has 0 bridgehead atoms. The Morgan fingerprint density at radius 3 is 2.63 bits per heavy atom. The SMILES string of the molecule is CNOCC=C(c1ccccc1)c1ccc(Cl)nc1. The van der Waals surface area contributed by atoms with Gasteiger partial charge in [0.1, 0.15) is 5.15 Å². The Balaban J connectivity index is 2.34. The Morgan fingerprint density at radius 1 is 1.21 bits per heavy atom. The summed E-state index contributed by atoms with van der Waals surface area (Å²) >= 11 is 5.82. The van der Waals surface area contributed by atoms with E-state index in [2.05, 4.69) is 22.6 Å². The molecule has 0 aliphatic carbocycles. The average Bonchev–Trinajstić information content (AvgIpc) is 2.46. The molecular formula is C15H15ClN2O. The smallest absolute Gasteiger partial charge is 0.129 e. The summed E-state index contributed by atoms with van der Waals surface area (Å²) in [5.41, 5.74) is 5.85. The van der Waals surface area contributed by atoms with Gasteiger partial charge in [0.2, 0.25) is 0 Å². The highest BCUT2D eigenvalue weighted by atomic mass is 35.5. The van der Waals surface area contributed by atoms with Crippen LogP contribution in [-0.2, 0) is 4.84 Å². The number of nitrogens with zero attached hydrogens (tertiary/aromatic N) is 1. The Labute approximate surface area is 117 Å². The summed E-state index contributed by atoms with van der Waals surface area (Å²) in [5.74, 6) is 0. The lowest BCUT2D eigenvalue weighted by atomic mass is 9.99. The van der Waals surface area contributed by atoms with Crippen molar-refractivity contribution < 1.29 is 4.84 Å². The average molecular weight is 275 g/mol. The van der Waals surface area contributed by atoms with E-state index in [-0.39, 0.29) is 0 Å². The minimum atomic E-state index is 0.476. The fourth-order valence-corrected chi connectivity index (χ4v) is 1.88. The Hall–Kier alpha value is -1.68. The van der Waals surface area contributed by atoms with Gasteiger partial charge in [0.05, 0.1) is 6.61 Å². The summed E-state index contributed by atoms with van der Waals surface area (Å²) in [6.07, 6.45) is 3.78. The van der Waals surface area contributed by atoms with Crippen LogP contribution in [0.15, 0.2) is 54.7 Å². The minimum Gasteiger partial charge on any atom is -0.298 e. The third kappa shape index (κ3) is 3.89. The first-order chi connectivity index (χ1) is 9.31. The Kier molecular flexibility index (Phi) is 5.10. The van der Waals surface area contributed by atoms with Crippen LogP contribution < -0.4 is 5.48 Å². The van der Waals surface area contributed by atoms with Gasteiger partial charge in [-0.15, -0.1) is 0 Å². The third-order valence-corrected chi connectivity index (χ3v) is 2.86. The van der Waals surface area contributed by atoms with Gasteiger partial charge in [-0.25, -0.2) is 10.5 Å². The third-order valence-electron chi connectivity index (χ3n) is 2.64. The quantitative estimate of drug-likeness (QED) is 0.516. The fourth-order valence-electron chi connectivity index (χ4n) is 1.76. The zero-order valence-corrected chi connectivity index (χ0v) is 11.4. The van der Waals surface area contributed by atoms with Crippen molar-refractivity contribution in [2.75, 3.05) is 13.7 Å². The molecule has 1 aromatic heterocycles. The Morgan fingerprint density at radius 2 is 2.00 bits per heavy atom. The van der Waals surface area contributed by atoms with Crippen molar-refractivity contribution in [1.29, 1.82) is 0 Å². The molecule has 1 heterocycles. The number of nitrogens with one attached hydrogen (secondary N) is 1. The number of hydrogen-bond donors (Lipinski definition) is 1. The van der Waals surface area contributed by atoms with Gasteiger partial charge >= 0.3 is 0 Å². The second-order valence-corrected chi connectivity index (χ2v) is 4.26. The highest BCUT2D eigenvalue weighted by Crippen LogP contribution is 2.23. The first-order valence-corrected chi connectivity index (χ1v) is 6.35. The largest absolute Gasteiger partial charge is 0.298 e. The summed E-state index contributed by atoms with van der Waals surface area (Å²) in [6.45, 7) is 0.476. The van der Waals surface area contributed by atoms with E-state index in [4.69, 9.17) is 16.4 Å². The first kappa shape index (κ1) is 13.7. The van der Waals surface area contributed by atoms with Crippen molar-refractivity contribution in [2.24, 2.45) is 0 Å². The number of hydroxylamine groups is 1. The molecule has 0 aliphatic heterocycles. The van der Waals surface area contributed by atoms with Crippen LogP contribution in [-0.4, -0.2) is 18.6 Å². The second kappa shape index (κ2) is 7.04. The molecule has 3 nitrogen and oxygen atoms in total. The molecule has 0 saturated carbocycles. The first-order valence-electron chi connectivity index (χ1n) is 5.97. The van der Waals surface area contributed by atoms with Crippen molar-refractivity contribution in [1.82, 2.24) is 10.5 Å². The summed E-state index contributed by atoms with van der Waals surface area (Å²) in [7, 11) is 1.74. The van der Waals surface area contributed by atoms with Gasteiger partial charge in [-0.2, -0.15) is 0 Å². The predicted molar refractivity (Wildman–Crippen MR) is 77.8 cm³/mol. The number of hydrogen-bond acceptors (Lipinski definition) is 3. The van der Waals surface area contributed by atoms with Crippen molar-refractivity contribution in [2.45, 2.75) is 0 Å². The number of benzene rings is 1. The van der Waals surface area contributed by atoms with E-state index in [9.17, 15) is 0 Å². The van der Waals surface area contributed by atoms with Gasteiger partial charge in [-0.1, -0.05) is 41.9 Å². The summed E-state index contributed by atoms with van der Waals surface area (Å²) in [5, 5.41) is 0.489. The lowest BCUT2D eigenvalue weighted by Crippen LogP contribution is -2.07. The molecule has 0 atom stereocenters. The van der Waals surface area contributed by atoms with Crippen LogP contribution in [0.1, 0.15) is 11.1 Å². The van der Waals surface area contributed by atoms with Crippen molar-refractivity contribution >= 4 is 17.2 Å². The number of rotatable bonds is 5. The van der Waals surface area contributed by atoms with Crippen LogP contribution in [0, 0.1) is 0 Å². The van der Waals surface area contributed by atoms with E-state index in [1.165, 1.54) is 0 Å². The highest BCUT2D eigenvalue weighted by Gasteiger charge is 2.05. The van der Waals surface area contributed by atoms with E-state index in [0.717, 1.165) is 16.7 Å². The summed E-state index contributed by atoms with van der Waals surface area (Å²) < 4.78 is 0. The molecule has 0 saturated heterocycles. The van der Waals surface area contributed by atoms with Gasteiger partial charge in [0.15, 0.2) is 0 Å². The van der Waals surface area contributed by atoms with Crippen LogP contribution >= 0.6 is 11.6 Å². The zero-order valence-electron chi connectivity index (χ0n) is 10.6. The molecule has 1 aromatic carbocycles. The maximum absolute atomic E-state index is 5.82. The van der Waals surface area contributed by atoms with E-state index in [1.54, 1.807) is 19.3 Å². The Bertz CT molecular complexity index is 538. The van der Waals surface area contributed by atoms with E-state index < -0.39 is 0 Å². The van der Waals surface area contributed by atoms with Gasteiger partial charge < -0.3 is 0 Å². The lowest BCUT2D eigenvalue weighted by Gasteiger charge is -2.08. The molecular weight excluding hydrogens is 260 g/mol. The summed E-state index contributed by atoms with van der Waals surface area (Å²) in [6, 6.07) is 13.8. The van der Waals surface area contributed by atoms with Gasteiger partial charge in [-0.05, 0) is 29.3 Å². The highest BCUT2D eigenvalue weighted by molar-refractivity contribution is 6.29. The molecule has 4 heteroatoms. The molecule has 0 unspecified atom stereocenters. The van der Waals surface area contributed by atoms with Gasteiger partial charge in [0.25, 0.3) is 0 Å². The van der Waals surface area contributed by atoms with Crippen LogP contribution in [0.25, 0.3) is 5.57 Å². The zero-order chi connectivity index (χ0) is 13.5. The fraction of sp³-hybridized carbons (Fsp3) is 0.133. The van der Waals surface area contributed by atoms with Gasteiger partial charge in [0, 0.05) is 18.8 Å². The predicted octanol–water partition coefficient (Wildman–Crippen LogP) is 3.32. The molecule has 98 valence electrons. The second-order valence-electron chi connectivity index (χ2n) is 3.87. The molecule has 1 N–H and O–H groups in total. The molecule has 2 rings (SSSR count). The minimum absolute atomic E-state index is 0.476. The molecule has 0 spiro atoms. The van der Waals surface area contributed by atoms with Crippen molar-refractivity contribution in [3.8, 4) is 0 Å². The molecule has 0 amide bonds. The maximum atomic E-state index is 5.82. The topological polar surface area (TPSA) is 34.1 Å². The molecule has 0 fully saturated rings. The van der Waals surface area contributed by atoms with Crippen LogP contribution in [0.3, 0.4) is 0 Å². The maximum Gasteiger partial charge on any atom is 0.129 e. The van der Waals surface area contributed by atoms with E-state index in [1.807, 2.05) is 30.3 Å². The van der Waals surface area contributed by atoms with Crippen molar-refractivity contribution in [3.63, 3.8) is 0 Å². The number of halogens is 1. The summed E-state index contributed by atoms with van der Waals surface area (Å²) in [4.78, 5) is 9.28. The van der Waals surface area contributed by atoms with Crippen LogP contribution in [0.4, 0.5) is 0 Å². The monoisotopic (exact) mass is 274 g/mol. The number of aromatic nitrogens is 1. The molecule has 0 aliphatic rings. The van der Waals surface area contributed by atoms with Crippen LogP contribution in [0.2, 0.25) is 5.15 Å². The van der Waals surface area contributed by atoms with Crippen LogP contribution in [0.5, 0.6) is 0 Å². The van der Waals surface area contributed by atoms with E-state index >= 15 is 0 Å². The standard InChI is InChI=1S/C15H15ClN2O/c1-17-19-10-9-14(12-5-3-2-4-6-12)13-7-8-15(16)18-11-13/h2-9,11,17H,10H2,1H3. The number of pyridine rings is 1. The van der Waals surface area contributed by atoms with Crippen molar-refractivity contribution in [3.05, 3.63) is 71.0 Å². The molecule has 2 aromatic rings. The molecule has 19 heavy (non-hydrogen) atoms. The van der Waals surface area contributed by atoms with E-state index in [0.29, 0.717) is 11.8 Å². The van der Waals surface area contributed by atoms with Gasteiger partial charge in [-0.3, -0.25) is 4.84 Å². The lowest BCUT2D eigenvalue weighted by molar-refractivity contribution is 0.0813.